The van der Waals surface area contributed by atoms with E-state index in [1.807, 2.05) is 12.3 Å². The zero-order valence-corrected chi connectivity index (χ0v) is 11.9. The Labute approximate surface area is 112 Å². The fourth-order valence-corrected chi connectivity index (χ4v) is 4.97. The van der Waals surface area contributed by atoms with Crippen molar-refractivity contribution in [1.29, 1.82) is 0 Å². The summed E-state index contributed by atoms with van der Waals surface area (Å²) in [6.45, 7) is 3.23. The van der Waals surface area contributed by atoms with Gasteiger partial charge in [0.15, 0.2) is 0 Å². The van der Waals surface area contributed by atoms with Crippen LogP contribution in [0.1, 0.15) is 12.6 Å². The van der Waals surface area contributed by atoms with Crippen molar-refractivity contribution < 1.29 is 0 Å². The van der Waals surface area contributed by atoms with Gasteiger partial charge in [-0.1, -0.05) is 13.0 Å². The van der Waals surface area contributed by atoms with Crippen molar-refractivity contribution in [2.75, 3.05) is 23.8 Å². The Balaban J connectivity index is 1.96. The SMILES string of the molecule is CCNC(Cc1ccccn1)C1CSCCS1. The van der Waals surface area contributed by atoms with E-state index in [-0.39, 0.29) is 0 Å². The molecule has 1 N–H and O–H groups in total. The number of likely N-dealkylation sites (N-methyl/N-ethyl adjacent to an activating group) is 1. The molecule has 0 aromatic carbocycles. The summed E-state index contributed by atoms with van der Waals surface area (Å²) in [5, 5.41) is 4.36. The summed E-state index contributed by atoms with van der Waals surface area (Å²) < 4.78 is 0. The monoisotopic (exact) mass is 268 g/mol. The predicted molar refractivity (Wildman–Crippen MR) is 79.0 cm³/mol. The summed E-state index contributed by atoms with van der Waals surface area (Å²) in [5.74, 6) is 3.87. The molecule has 2 nitrogen and oxygen atoms in total. The highest BCUT2D eigenvalue weighted by atomic mass is 32.2. The molecule has 2 rings (SSSR count). The molecule has 1 aliphatic heterocycles. The lowest BCUT2D eigenvalue weighted by Gasteiger charge is -2.30. The van der Waals surface area contributed by atoms with Gasteiger partial charge in [-0.2, -0.15) is 23.5 Å². The minimum Gasteiger partial charge on any atom is -0.313 e. The summed E-state index contributed by atoms with van der Waals surface area (Å²) >= 11 is 4.21. The molecule has 17 heavy (non-hydrogen) atoms. The highest BCUT2D eigenvalue weighted by Gasteiger charge is 2.24. The maximum atomic E-state index is 4.44. The van der Waals surface area contributed by atoms with Crippen molar-refractivity contribution in [2.45, 2.75) is 24.6 Å². The Kier molecular flexibility index (Phi) is 5.68. The van der Waals surface area contributed by atoms with Crippen LogP contribution in [0.3, 0.4) is 0 Å². The zero-order chi connectivity index (χ0) is 11.9. The average Bonchev–Trinajstić information content (AvgIpc) is 2.40. The summed E-state index contributed by atoms with van der Waals surface area (Å²) in [6.07, 6.45) is 2.94. The van der Waals surface area contributed by atoms with Crippen LogP contribution in [-0.2, 0) is 6.42 Å². The number of nitrogens with zero attached hydrogens (tertiary/aromatic N) is 1. The van der Waals surface area contributed by atoms with E-state index in [1.54, 1.807) is 0 Å². The van der Waals surface area contributed by atoms with Crippen LogP contribution in [-0.4, -0.2) is 40.1 Å². The van der Waals surface area contributed by atoms with E-state index in [4.69, 9.17) is 0 Å². The van der Waals surface area contributed by atoms with E-state index in [1.165, 1.54) is 23.0 Å². The number of aromatic nitrogens is 1. The lowest BCUT2D eigenvalue weighted by molar-refractivity contribution is 0.517. The van der Waals surface area contributed by atoms with E-state index in [9.17, 15) is 0 Å². The molecule has 4 heteroatoms. The average molecular weight is 268 g/mol. The predicted octanol–water partition coefficient (Wildman–Crippen LogP) is 2.45. The molecule has 0 amide bonds. The molecular weight excluding hydrogens is 248 g/mol. The number of hydrogen-bond donors (Lipinski definition) is 1. The van der Waals surface area contributed by atoms with Crippen molar-refractivity contribution in [1.82, 2.24) is 10.3 Å². The van der Waals surface area contributed by atoms with Gasteiger partial charge in [-0.05, 0) is 18.7 Å². The van der Waals surface area contributed by atoms with Crippen LogP contribution in [0.4, 0.5) is 0 Å². The maximum absolute atomic E-state index is 4.44. The molecule has 0 spiro atoms. The first-order valence-corrected chi connectivity index (χ1v) is 8.43. The topological polar surface area (TPSA) is 24.9 Å². The lowest BCUT2D eigenvalue weighted by Crippen LogP contribution is -2.42. The van der Waals surface area contributed by atoms with Gasteiger partial charge in [-0.25, -0.2) is 0 Å². The second-order valence-corrected chi connectivity index (χ2v) is 6.67. The van der Waals surface area contributed by atoms with Crippen LogP contribution in [0, 0.1) is 0 Å². The van der Waals surface area contributed by atoms with Crippen molar-refractivity contribution in [2.24, 2.45) is 0 Å². The molecule has 1 fully saturated rings. The molecule has 0 radical (unpaired) electrons. The third kappa shape index (κ3) is 4.19. The van der Waals surface area contributed by atoms with Crippen molar-refractivity contribution in [3.05, 3.63) is 30.1 Å². The third-order valence-corrected chi connectivity index (χ3v) is 5.83. The van der Waals surface area contributed by atoms with E-state index in [0.29, 0.717) is 6.04 Å². The van der Waals surface area contributed by atoms with Crippen LogP contribution in [0.5, 0.6) is 0 Å². The van der Waals surface area contributed by atoms with Gasteiger partial charge in [-0.3, -0.25) is 4.98 Å². The molecule has 1 aromatic rings. The Hall–Kier alpha value is -0.190. The van der Waals surface area contributed by atoms with Gasteiger partial charge in [0.25, 0.3) is 0 Å². The molecule has 2 unspecified atom stereocenters. The second-order valence-electron chi connectivity index (χ2n) is 4.17. The molecule has 0 bridgehead atoms. The standard InChI is InChI=1S/C13H20N2S2/c1-2-14-12(13-10-16-7-8-17-13)9-11-5-3-4-6-15-11/h3-6,12-14H,2,7-10H2,1H3. The van der Waals surface area contributed by atoms with Gasteiger partial charge in [0.2, 0.25) is 0 Å². The zero-order valence-electron chi connectivity index (χ0n) is 10.3. The lowest BCUT2D eigenvalue weighted by atomic mass is 10.1. The molecular formula is C13H20N2S2. The maximum Gasteiger partial charge on any atom is 0.0419 e. The van der Waals surface area contributed by atoms with Gasteiger partial charge < -0.3 is 5.32 Å². The second kappa shape index (κ2) is 7.29. The van der Waals surface area contributed by atoms with E-state index in [2.05, 4.69) is 52.9 Å². The molecule has 2 heterocycles. The van der Waals surface area contributed by atoms with Gasteiger partial charge >= 0.3 is 0 Å². The Bertz CT molecular complexity index is 312. The van der Waals surface area contributed by atoms with E-state index >= 15 is 0 Å². The van der Waals surface area contributed by atoms with Gasteiger partial charge in [0.1, 0.15) is 0 Å². The largest absolute Gasteiger partial charge is 0.313 e. The molecule has 94 valence electrons. The third-order valence-electron chi connectivity index (χ3n) is 2.91. The first-order valence-electron chi connectivity index (χ1n) is 6.22. The summed E-state index contributed by atoms with van der Waals surface area (Å²) in [5.41, 5.74) is 1.20. The smallest absolute Gasteiger partial charge is 0.0419 e. The summed E-state index contributed by atoms with van der Waals surface area (Å²) in [6, 6.07) is 6.75. The Morgan fingerprint density at radius 2 is 2.41 bits per heavy atom. The normalized spacial score (nSPS) is 22.3. The summed E-state index contributed by atoms with van der Waals surface area (Å²) in [7, 11) is 0. The number of nitrogens with one attached hydrogen (secondary N) is 1. The van der Waals surface area contributed by atoms with Crippen LogP contribution in [0.2, 0.25) is 0 Å². The van der Waals surface area contributed by atoms with Gasteiger partial charge in [0, 0.05) is 46.9 Å². The quantitative estimate of drug-likeness (QED) is 0.887. The van der Waals surface area contributed by atoms with Crippen molar-refractivity contribution >= 4 is 23.5 Å². The minimum absolute atomic E-state index is 0.563. The molecule has 1 aromatic heterocycles. The molecule has 1 aliphatic rings. The van der Waals surface area contributed by atoms with E-state index in [0.717, 1.165) is 18.2 Å². The number of hydrogen-bond acceptors (Lipinski definition) is 4. The van der Waals surface area contributed by atoms with Gasteiger partial charge in [-0.15, -0.1) is 0 Å². The highest BCUT2D eigenvalue weighted by Crippen LogP contribution is 2.27. The van der Waals surface area contributed by atoms with Crippen LogP contribution in [0.15, 0.2) is 24.4 Å². The number of pyridine rings is 1. The van der Waals surface area contributed by atoms with Crippen LogP contribution in [0.25, 0.3) is 0 Å². The fraction of sp³-hybridized carbons (Fsp3) is 0.615. The Morgan fingerprint density at radius 3 is 3.06 bits per heavy atom. The molecule has 0 aliphatic carbocycles. The number of thioether (sulfide) groups is 2. The van der Waals surface area contributed by atoms with Crippen LogP contribution < -0.4 is 5.32 Å². The first-order chi connectivity index (χ1) is 8.40. The molecule has 2 atom stereocenters. The van der Waals surface area contributed by atoms with Crippen molar-refractivity contribution in [3.8, 4) is 0 Å². The fourth-order valence-electron chi connectivity index (χ4n) is 2.08. The van der Waals surface area contributed by atoms with Crippen molar-refractivity contribution in [3.63, 3.8) is 0 Å². The first kappa shape index (κ1) is 13.2. The molecule has 1 saturated heterocycles. The van der Waals surface area contributed by atoms with Crippen LogP contribution >= 0.6 is 23.5 Å². The highest BCUT2D eigenvalue weighted by molar-refractivity contribution is 8.06. The summed E-state index contributed by atoms with van der Waals surface area (Å²) in [4.78, 5) is 4.44. The molecule has 0 saturated carbocycles. The Morgan fingerprint density at radius 1 is 1.47 bits per heavy atom. The van der Waals surface area contributed by atoms with Gasteiger partial charge in [0.05, 0.1) is 0 Å². The number of rotatable bonds is 5. The minimum atomic E-state index is 0.563. The van der Waals surface area contributed by atoms with E-state index < -0.39 is 0 Å².